The zero-order chi connectivity index (χ0) is 15.4. The molecule has 2 rings (SSSR count). The molecule has 2 aromatic rings. The minimum Gasteiger partial charge on any atom is -0.324 e. The predicted molar refractivity (Wildman–Crippen MR) is 91.6 cm³/mol. The van der Waals surface area contributed by atoms with Crippen LogP contribution in [0.5, 0.6) is 0 Å². The van der Waals surface area contributed by atoms with Gasteiger partial charge in [-0.15, -0.1) is 11.8 Å². The lowest BCUT2D eigenvalue weighted by Crippen LogP contribution is -2.22. The molecular formula is C16H15Cl2NOS. The summed E-state index contributed by atoms with van der Waals surface area (Å²) in [5.41, 5.74) is 1.77. The first kappa shape index (κ1) is 16.2. The number of carbonyl (C=O) groups is 1. The Balaban J connectivity index is 2.00. The summed E-state index contributed by atoms with van der Waals surface area (Å²) in [6.07, 6.45) is 0. The summed E-state index contributed by atoms with van der Waals surface area (Å²) in [6, 6.07) is 13.1. The summed E-state index contributed by atoms with van der Waals surface area (Å²) in [4.78, 5) is 13.3. The number of anilines is 1. The van der Waals surface area contributed by atoms with Gasteiger partial charge in [0.2, 0.25) is 5.91 Å². The first-order valence-electron chi connectivity index (χ1n) is 6.45. The van der Waals surface area contributed by atoms with Crippen LogP contribution in [0.3, 0.4) is 0 Å². The quantitative estimate of drug-likeness (QED) is 0.753. The Morgan fingerprint density at radius 3 is 2.43 bits per heavy atom. The number of aryl methyl sites for hydroxylation is 1. The molecule has 5 heteroatoms. The molecule has 1 N–H and O–H groups in total. The molecule has 0 aliphatic carbocycles. The molecule has 110 valence electrons. The van der Waals surface area contributed by atoms with Gasteiger partial charge in [-0.1, -0.05) is 40.9 Å². The topological polar surface area (TPSA) is 29.1 Å². The summed E-state index contributed by atoms with van der Waals surface area (Å²) in [6.45, 7) is 3.90. The highest BCUT2D eigenvalue weighted by molar-refractivity contribution is 8.00. The van der Waals surface area contributed by atoms with E-state index in [9.17, 15) is 4.79 Å². The second-order valence-corrected chi connectivity index (χ2v) is 6.94. The summed E-state index contributed by atoms with van der Waals surface area (Å²) < 4.78 is 0. The Bertz CT molecular complexity index is 643. The molecule has 21 heavy (non-hydrogen) atoms. The van der Waals surface area contributed by atoms with Crippen LogP contribution in [0.25, 0.3) is 0 Å². The van der Waals surface area contributed by atoms with Crippen molar-refractivity contribution < 1.29 is 4.79 Å². The van der Waals surface area contributed by atoms with Crippen molar-refractivity contribution in [3.05, 3.63) is 58.1 Å². The van der Waals surface area contributed by atoms with E-state index in [0.29, 0.717) is 15.7 Å². The number of rotatable bonds is 4. The SMILES string of the molecule is Cc1ccc(S[C@H](C)C(=O)Nc2ccc(Cl)cc2Cl)cc1. The monoisotopic (exact) mass is 339 g/mol. The Kier molecular flexibility index (Phi) is 5.57. The van der Waals surface area contributed by atoms with Gasteiger partial charge in [0.05, 0.1) is 16.0 Å². The fraction of sp³-hybridized carbons (Fsp3) is 0.188. The van der Waals surface area contributed by atoms with Gasteiger partial charge in [0.25, 0.3) is 0 Å². The van der Waals surface area contributed by atoms with Gasteiger partial charge in [-0.05, 0) is 44.2 Å². The van der Waals surface area contributed by atoms with Crippen LogP contribution in [0, 0.1) is 6.92 Å². The molecule has 0 aliphatic rings. The van der Waals surface area contributed by atoms with Gasteiger partial charge < -0.3 is 5.32 Å². The molecule has 0 radical (unpaired) electrons. The van der Waals surface area contributed by atoms with Crippen molar-refractivity contribution in [1.29, 1.82) is 0 Å². The number of hydrogen-bond donors (Lipinski definition) is 1. The molecule has 2 aromatic carbocycles. The van der Waals surface area contributed by atoms with Gasteiger partial charge in [0.1, 0.15) is 0 Å². The molecule has 0 spiro atoms. The van der Waals surface area contributed by atoms with Gasteiger partial charge in [-0.25, -0.2) is 0 Å². The van der Waals surface area contributed by atoms with Gasteiger partial charge in [0, 0.05) is 9.92 Å². The molecule has 0 saturated carbocycles. The van der Waals surface area contributed by atoms with Gasteiger partial charge in [-0.3, -0.25) is 4.79 Å². The van der Waals surface area contributed by atoms with Crippen molar-refractivity contribution in [3.63, 3.8) is 0 Å². The van der Waals surface area contributed by atoms with Crippen LogP contribution in [-0.4, -0.2) is 11.2 Å². The molecule has 0 bridgehead atoms. The number of benzene rings is 2. The Hall–Kier alpha value is -1.16. The molecule has 0 heterocycles. The largest absolute Gasteiger partial charge is 0.324 e. The standard InChI is InChI=1S/C16H15Cl2NOS/c1-10-3-6-13(7-4-10)21-11(2)16(20)19-15-8-5-12(17)9-14(15)18/h3-9,11H,1-2H3,(H,19,20)/t11-/m1/s1. The number of carbonyl (C=O) groups excluding carboxylic acids is 1. The van der Waals surface area contributed by atoms with Crippen LogP contribution in [0.4, 0.5) is 5.69 Å². The maximum atomic E-state index is 12.2. The van der Waals surface area contributed by atoms with Crippen LogP contribution in [0.1, 0.15) is 12.5 Å². The maximum absolute atomic E-state index is 12.2. The van der Waals surface area contributed by atoms with Crippen molar-refractivity contribution >= 4 is 46.6 Å². The third-order valence-electron chi connectivity index (χ3n) is 2.89. The number of amides is 1. The summed E-state index contributed by atoms with van der Waals surface area (Å²) in [7, 11) is 0. The Morgan fingerprint density at radius 2 is 1.81 bits per heavy atom. The van der Waals surface area contributed by atoms with Crippen molar-refractivity contribution in [2.24, 2.45) is 0 Å². The van der Waals surface area contributed by atoms with E-state index >= 15 is 0 Å². The van der Waals surface area contributed by atoms with Crippen LogP contribution in [0.15, 0.2) is 47.4 Å². The second kappa shape index (κ2) is 7.21. The lowest BCUT2D eigenvalue weighted by Gasteiger charge is -2.13. The van der Waals surface area contributed by atoms with E-state index in [2.05, 4.69) is 5.32 Å². The lowest BCUT2D eigenvalue weighted by atomic mass is 10.2. The molecule has 1 atom stereocenters. The molecule has 0 fully saturated rings. The highest BCUT2D eigenvalue weighted by atomic mass is 35.5. The number of thioether (sulfide) groups is 1. The smallest absolute Gasteiger partial charge is 0.237 e. The second-order valence-electron chi connectivity index (χ2n) is 4.69. The molecule has 1 amide bonds. The fourth-order valence-electron chi connectivity index (χ4n) is 1.70. The fourth-order valence-corrected chi connectivity index (χ4v) is 3.02. The minimum absolute atomic E-state index is 0.0928. The molecule has 2 nitrogen and oxygen atoms in total. The minimum atomic E-state index is -0.223. The number of halogens is 2. The Morgan fingerprint density at radius 1 is 1.14 bits per heavy atom. The predicted octanol–water partition coefficient (Wildman–Crippen LogP) is 5.42. The summed E-state index contributed by atoms with van der Waals surface area (Å²) in [5, 5.41) is 3.57. The van der Waals surface area contributed by atoms with Crippen molar-refractivity contribution in [2.75, 3.05) is 5.32 Å². The van der Waals surface area contributed by atoms with E-state index in [-0.39, 0.29) is 11.2 Å². The van der Waals surface area contributed by atoms with E-state index in [1.807, 2.05) is 38.1 Å². The van der Waals surface area contributed by atoms with Crippen LogP contribution < -0.4 is 5.32 Å². The lowest BCUT2D eigenvalue weighted by molar-refractivity contribution is -0.115. The van der Waals surface area contributed by atoms with Crippen LogP contribution in [-0.2, 0) is 4.79 Å². The Labute approximate surface area is 138 Å². The summed E-state index contributed by atoms with van der Waals surface area (Å²) in [5.74, 6) is -0.0928. The van der Waals surface area contributed by atoms with E-state index in [4.69, 9.17) is 23.2 Å². The average Bonchev–Trinajstić information content (AvgIpc) is 2.44. The van der Waals surface area contributed by atoms with Crippen molar-refractivity contribution in [2.45, 2.75) is 24.0 Å². The van der Waals surface area contributed by atoms with Crippen molar-refractivity contribution in [3.8, 4) is 0 Å². The first-order chi connectivity index (χ1) is 9.95. The third-order valence-corrected chi connectivity index (χ3v) is 4.55. The van der Waals surface area contributed by atoms with Gasteiger partial charge >= 0.3 is 0 Å². The number of nitrogens with one attached hydrogen (secondary N) is 1. The molecule has 0 aliphatic heterocycles. The normalized spacial score (nSPS) is 12.0. The van der Waals surface area contributed by atoms with E-state index in [0.717, 1.165) is 4.90 Å². The first-order valence-corrected chi connectivity index (χ1v) is 8.08. The van der Waals surface area contributed by atoms with Gasteiger partial charge in [0.15, 0.2) is 0 Å². The maximum Gasteiger partial charge on any atom is 0.237 e. The van der Waals surface area contributed by atoms with Crippen molar-refractivity contribution in [1.82, 2.24) is 0 Å². The number of hydrogen-bond acceptors (Lipinski definition) is 2. The zero-order valence-corrected chi connectivity index (χ0v) is 14.0. The van der Waals surface area contributed by atoms with Gasteiger partial charge in [-0.2, -0.15) is 0 Å². The molecule has 0 saturated heterocycles. The zero-order valence-electron chi connectivity index (χ0n) is 11.7. The molecule has 0 aromatic heterocycles. The third kappa shape index (κ3) is 4.67. The van der Waals surface area contributed by atoms with E-state index in [1.165, 1.54) is 17.3 Å². The summed E-state index contributed by atoms with van der Waals surface area (Å²) >= 11 is 13.4. The molecule has 0 unspecified atom stereocenters. The molecular weight excluding hydrogens is 325 g/mol. The van der Waals surface area contributed by atoms with Crippen LogP contribution in [0.2, 0.25) is 10.0 Å². The van der Waals surface area contributed by atoms with Crippen LogP contribution >= 0.6 is 35.0 Å². The average molecular weight is 340 g/mol. The highest BCUT2D eigenvalue weighted by Crippen LogP contribution is 2.28. The van der Waals surface area contributed by atoms with E-state index in [1.54, 1.807) is 18.2 Å². The van der Waals surface area contributed by atoms with E-state index < -0.39 is 0 Å². The highest BCUT2D eigenvalue weighted by Gasteiger charge is 2.15.